The number of hydrogen-bond donors (Lipinski definition) is 1. The first-order valence-corrected chi connectivity index (χ1v) is 9.21. The second-order valence-corrected chi connectivity index (χ2v) is 9.73. The highest BCUT2D eigenvalue weighted by atomic mass is 32.2. The average Bonchev–Trinajstić information content (AvgIpc) is 2.71. The summed E-state index contributed by atoms with van der Waals surface area (Å²) in [6.07, 6.45) is 0. The van der Waals surface area contributed by atoms with Gasteiger partial charge in [-0.2, -0.15) is 0 Å². The van der Waals surface area contributed by atoms with Crippen molar-refractivity contribution in [2.45, 2.75) is 64.5 Å². The number of aromatic hydroxyl groups is 1. The van der Waals surface area contributed by atoms with Crippen LogP contribution in [0.5, 0.6) is 5.75 Å². The molecule has 1 heterocycles. The second kappa shape index (κ2) is 6.20. The number of hydrogen-bond acceptors (Lipinski definition) is 4. The Morgan fingerprint density at radius 2 is 1.56 bits per heavy atom. The lowest BCUT2D eigenvalue weighted by Gasteiger charge is -2.29. The topological polar surface area (TPSA) is 57.6 Å². The molecule has 1 aliphatic rings. The normalized spacial score (nSPS) is 18.8. The number of nitrogens with zero attached hydrogens (tertiary/aromatic N) is 1. The Morgan fingerprint density at radius 3 is 1.88 bits per heavy atom. The molecule has 0 aliphatic carbocycles. The molecule has 1 fully saturated rings. The number of benzene rings is 1. The van der Waals surface area contributed by atoms with Crippen LogP contribution < -0.4 is 0 Å². The van der Waals surface area contributed by atoms with E-state index >= 15 is 0 Å². The number of imide groups is 1. The van der Waals surface area contributed by atoms with Crippen LogP contribution in [0.2, 0.25) is 0 Å². The molecule has 25 heavy (non-hydrogen) atoms. The maximum Gasteiger partial charge on any atom is 0.252 e. The van der Waals surface area contributed by atoms with E-state index in [0.717, 1.165) is 21.6 Å². The first-order chi connectivity index (χ1) is 11.2. The summed E-state index contributed by atoms with van der Waals surface area (Å²) in [5.41, 5.74) is 1.85. The van der Waals surface area contributed by atoms with E-state index in [4.69, 9.17) is 0 Å². The van der Waals surface area contributed by atoms with Crippen molar-refractivity contribution in [3.8, 4) is 5.75 Å². The second-order valence-electron chi connectivity index (χ2n) is 8.55. The minimum atomic E-state index is -0.515. The summed E-state index contributed by atoms with van der Waals surface area (Å²) in [7, 11) is 0. The van der Waals surface area contributed by atoms with Crippen LogP contribution in [-0.2, 0) is 20.4 Å². The van der Waals surface area contributed by atoms with E-state index in [2.05, 4.69) is 6.58 Å². The molecule has 1 unspecified atom stereocenters. The lowest BCUT2D eigenvalue weighted by Crippen LogP contribution is -2.30. The summed E-state index contributed by atoms with van der Waals surface area (Å²) in [5, 5.41) is 10.7. The Bertz CT molecular complexity index is 718. The first kappa shape index (κ1) is 19.6. The van der Waals surface area contributed by atoms with E-state index in [1.54, 1.807) is 0 Å². The van der Waals surface area contributed by atoms with Gasteiger partial charge in [-0.25, -0.2) is 4.90 Å². The SMILES string of the molecule is C=C1SC(c2cc(C(C)(C)C)c(O)c(C(C)(C)C)c2)C(=O)N1C(C)=O. The van der Waals surface area contributed by atoms with Gasteiger partial charge in [0.25, 0.3) is 5.91 Å². The third-order valence-electron chi connectivity index (χ3n) is 4.31. The minimum absolute atomic E-state index is 0.270. The Morgan fingerprint density at radius 1 is 1.12 bits per heavy atom. The van der Waals surface area contributed by atoms with Gasteiger partial charge in [0.1, 0.15) is 11.0 Å². The van der Waals surface area contributed by atoms with E-state index in [1.807, 2.05) is 53.7 Å². The molecule has 2 amide bonds. The molecule has 2 rings (SSSR count). The van der Waals surface area contributed by atoms with Gasteiger partial charge in [0, 0.05) is 6.92 Å². The molecule has 0 saturated carbocycles. The summed E-state index contributed by atoms with van der Waals surface area (Å²) < 4.78 is 0. The number of phenolic OH excluding ortho intramolecular Hbond substituents is 1. The molecule has 5 heteroatoms. The smallest absolute Gasteiger partial charge is 0.252 e. The van der Waals surface area contributed by atoms with Crippen LogP contribution in [0.3, 0.4) is 0 Å². The maximum absolute atomic E-state index is 12.7. The molecule has 1 aromatic carbocycles. The predicted octanol–water partition coefficient (Wildman–Crippen LogP) is 4.62. The fraction of sp³-hybridized carbons (Fsp3) is 0.500. The van der Waals surface area contributed by atoms with Gasteiger partial charge in [-0.05, 0) is 39.7 Å². The number of amides is 2. The largest absolute Gasteiger partial charge is 0.507 e. The van der Waals surface area contributed by atoms with Gasteiger partial charge < -0.3 is 5.11 Å². The molecular formula is C20H27NO3S. The zero-order valence-corrected chi connectivity index (χ0v) is 16.9. The maximum atomic E-state index is 12.7. The molecule has 0 aromatic heterocycles. The van der Waals surface area contributed by atoms with Crippen LogP contribution in [0, 0.1) is 0 Å². The Hall–Kier alpha value is -1.75. The van der Waals surface area contributed by atoms with Crippen molar-refractivity contribution in [2.75, 3.05) is 0 Å². The molecule has 1 atom stereocenters. The Kier molecular flexibility index (Phi) is 4.86. The fourth-order valence-corrected chi connectivity index (χ4v) is 4.05. The lowest BCUT2D eigenvalue weighted by molar-refractivity contribution is -0.139. The lowest BCUT2D eigenvalue weighted by atomic mass is 9.78. The molecule has 0 radical (unpaired) electrons. The Balaban J connectivity index is 2.65. The van der Waals surface area contributed by atoms with E-state index < -0.39 is 5.25 Å². The summed E-state index contributed by atoms with van der Waals surface area (Å²) in [5.74, 6) is -0.315. The van der Waals surface area contributed by atoms with E-state index in [1.165, 1.54) is 18.7 Å². The molecule has 0 bridgehead atoms. The summed E-state index contributed by atoms with van der Waals surface area (Å²) in [4.78, 5) is 25.6. The van der Waals surface area contributed by atoms with Gasteiger partial charge in [0.2, 0.25) is 5.91 Å². The standard InChI is InChI=1S/C20H27NO3S/c1-11(22)21-12(2)25-17(18(21)24)13-9-14(19(3,4)5)16(23)15(10-13)20(6,7)8/h9-10,17,23H,2H2,1,3-8H3. The van der Waals surface area contributed by atoms with Gasteiger partial charge >= 0.3 is 0 Å². The third kappa shape index (κ3) is 3.61. The predicted molar refractivity (Wildman–Crippen MR) is 103 cm³/mol. The highest BCUT2D eigenvalue weighted by molar-refractivity contribution is 8.04. The number of carbonyl (C=O) groups excluding carboxylic acids is 2. The van der Waals surface area contributed by atoms with Crippen molar-refractivity contribution in [2.24, 2.45) is 0 Å². The van der Waals surface area contributed by atoms with Gasteiger partial charge in [0.15, 0.2) is 0 Å². The van der Waals surface area contributed by atoms with Gasteiger partial charge in [-0.15, -0.1) is 0 Å². The van der Waals surface area contributed by atoms with Crippen molar-refractivity contribution in [3.63, 3.8) is 0 Å². The van der Waals surface area contributed by atoms with Crippen molar-refractivity contribution in [3.05, 3.63) is 40.4 Å². The summed E-state index contributed by atoms with van der Waals surface area (Å²) >= 11 is 1.29. The summed E-state index contributed by atoms with van der Waals surface area (Å²) in [6.45, 7) is 17.4. The highest BCUT2D eigenvalue weighted by Gasteiger charge is 2.40. The number of rotatable bonds is 1. The van der Waals surface area contributed by atoms with Gasteiger partial charge in [-0.3, -0.25) is 9.59 Å². The van der Waals surface area contributed by atoms with E-state index in [0.29, 0.717) is 5.03 Å². The Labute approximate surface area is 154 Å². The van der Waals surface area contributed by atoms with Crippen LogP contribution in [0.25, 0.3) is 0 Å². The van der Waals surface area contributed by atoms with E-state index in [9.17, 15) is 14.7 Å². The van der Waals surface area contributed by atoms with Crippen molar-refractivity contribution >= 4 is 23.6 Å². The fourth-order valence-electron chi connectivity index (χ4n) is 2.97. The molecular weight excluding hydrogens is 334 g/mol. The minimum Gasteiger partial charge on any atom is -0.507 e. The molecule has 136 valence electrons. The number of thioether (sulfide) groups is 1. The molecule has 1 aliphatic heterocycles. The zero-order valence-electron chi connectivity index (χ0n) is 16.1. The number of carbonyl (C=O) groups is 2. The molecule has 0 spiro atoms. The van der Waals surface area contributed by atoms with Crippen LogP contribution in [0.15, 0.2) is 23.7 Å². The van der Waals surface area contributed by atoms with Crippen LogP contribution in [0.4, 0.5) is 0 Å². The van der Waals surface area contributed by atoms with Crippen LogP contribution in [0.1, 0.15) is 70.4 Å². The quantitative estimate of drug-likeness (QED) is 0.793. The van der Waals surface area contributed by atoms with Gasteiger partial charge in [-0.1, -0.05) is 59.9 Å². The molecule has 1 aromatic rings. The number of phenols is 1. The summed E-state index contributed by atoms with van der Waals surface area (Å²) in [6, 6.07) is 3.77. The first-order valence-electron chi connectivity index (χ1n) is 8.33. The zero-order chi connectivity index (χ0) is 19.3. The highest BCUT2D eigenvalue weighted by Crippen LogP contribution is 2.48. The molecule has 1 N–H and O–H groups in total. The molecule has 1 saturated heterocycles. The van der Waals surface area contributed by atoms with Crippen molar-refractivity contribution in [1.29, 1.82) is 0 Å². The van der Waals surface area contributed by atoms with Crippen molar-refractivity contribution in [1.82, 2.24) is 4.90 Å². The van der Waals surface area contributed by atoms with Crippen LogP contribution in [-0.4, -0.2) is 21.8 Å². The van der Waals surface area contributed by atoms with Crippen molar-refractivity contribution < 1.29 is 14.7 Å². The average molecular weight is 362 g/mol. The van der Waals surface area contributed by atoms with Gasteiger partial charge in [0.05, 0.1) is 5.03 Å². The monoisotopic (exact) mass is 361 g/mol. The molecule has 4 nitrogen and oxygen atoms in total. The van der Waals surface area contributed by atoms with E-state index in [-0.39, 0.29) is 28.4 Å². The van der Waals surface area contributed by atoms with Crippen LogP contribution >= 0.6 is 11.8 Å². The third-order valence-corrected chi connectivity index (χ3v) is 5.48.